The highest BCUT2D eigenvalue weighted by atomic mass is 35.5. The maximum Gasteiger partial charge on any atom is 0.522 e. The predicted molar refractivity (Wildman–Crippen MR) is 152 cm³/mol. The average molecular weight is 648 g/mol. The van der Waals surface area contributed by atoms with Crippen molar-refractivity contribution < 1.29 is 40.7 Å². The molecule has 1 N–H and O–H groups in total. The van der Waals surface area contributed by atoms with Gasteiger partial charge < -0.3 is 18.9 Å². The van der Waals surface area contributed by atoms with Crippen molar-refractivity contribution in [1.82, 2.24) is 15.5 Å². The molecule has 1 amide bonds. The first kappa shape index (κ1) is 32.2. The van der Waals surface area contributed by atoms with Crippen LogP contribution in [0.3, 0.4) is 0 Å². The zero-order valence-electron chi connectivity index (χ0n) is 24.9. The molecular weight excluding hydrogens is 610 g/mol. The number of rotatable bonds is 9. The largest absolute Gasteiger partial charge is 0.522 e. The molecule has 1 aromatic carbocycles. The second-order valence-corrected chi connectivity index (χ2v) is 18.9. The number of fused-ring (bicyclic) bond motifs is 3. The minimum absolute atomic E-state index is 0.0325. The van der Waals surface area contributed by atoms with E-state index in [1.807, 2.05) is 0 Å². The summed E-state index contributed by atoms with van der Waals surface area (Å²) in [4.78, 5) is 13.2. The summed E-state index contributed by atoms with van der Waals surface area (Å²) in [6, 6.07) is 4.01. The van der Waals surface area contributed by atoms with Crippen molar-refractivity contribution in [2.45, 2.75) is 119 Å². The Kier molecular flexibility index (Phi) is 8.45. The van der Waals surface area contributed by atoms with E-state index in [0.717, 1.165) is 6.07 Å². The molecule has 4 aliphatic carbocycles. The monoisotopic (exact) mass is 647 g/mol. The Morgan fingerprint density at radius 2 is 1.81 bits per heavy atom. The van der Waals surface area contributed by atoms with Crippen molar-refractivity contribution in [2.75, 3.05) is 6.61 Å². The van der Waals surface area contributed by atoms with Gasteiger partial charge in [0.1, 0.15) is 11.6 Å². The number of aromatic nitrogens is 2. The lowest BCUT2D eigenvalue weighted by atomic mass is 9.55. The average Bonchev–Trinajstić information content (AvgIpc) is 3.37. The van der Waals surface area contributed by atoms with Crippen LogP contribution in [0, 0.1) is 5.82 Å². The van der Waals surface area contributed by atoms with Gasteiger partial charge in [-0.3, -0.25) is 9.53 Å². The summed E-state index contributed by atoms with van der Waals surface area (Å²) in [7, 11) is -2.29. The molecule has 43 heavy (non-hydrogen) atoms. The molecule has 1 aromatic heterocycles. The second-order valence-electron chi connectivity index (χ2n) is 13.7. The van der Waals surface area contributed by atoms with Crippen LogP contribution in [-0.2, 0) is 19.4 Å². The maximum absolute atomic E-state index is 13.8. The van der Waals surface area contributed by atoms with Crippen LogP contribution in [-0.4, -0.2) is 55.1 Å². The highest BCUT2D eigenvalue weighted by molar-refractivity contribution is 6.74. The van der Waals surface area contributed by atoms with E-state index < -0.39 is 37.6 Å². The van der Waals surface area contributed by atoms with Gasteiger partial charge in [-0.1, -0.05) is 32.4 Å². The summed E-state index contributed by atoms with van der Waals surface area (Å²) in [5.74, 6) is -0.241. The van der Waals surface area contributed by atoms with Crippen molar-refractivity contribution in [3.63, 3.8) is 0 Å². The summed E-state index contributed by atoms with van der Waals surface area (Å²) in [6.45, 7) is 10.5. The highest BCUT2D eigenvalue weighted by Crippen LogP contribution is 2.56. The molecule has 1 atom stereocenters. The lowest BCUT2D eigenvalue weighted by Crippen LogP contribution is -2.68. The Bertz CT molecular complexity index is 1330. The number of nitrogens with zero attached hydrogens (tertiary/aromatic N) is 2. The van der Waals surface area contributed by atoms with Gasteiger partial charge in [0.15, 0.2) is 14.9 Å². The zero-order chi connectivity index (χ0) is 31.4. The highest BCUT2D eigenvalue weighted by Gasteiger charge is 2.60. The Morgan fingerprint density at radius 1 is 1.14 bits per heavy atom. The smallest absolute Gasteiger partial charge is 0.484 e. The van der Waals surface area contributed by atoms with Gasteiger partial charge in [-0.05, 0) is 75.2 Å². The molecule has 238 valence electrons. The number of halogens is 5. The fourth-order valence-electron chi connectivity index (χ4n) is 6.14. The molecule has 1 unspecified atom stereocenters. The molecule has 0 aliphatic heterocycles. The molecule has 6 rings (SSSR count). The number of hydrogen-bond donors (Lipinski definition) is 1. The molecular formula is C29H38ClF4N3O5Si. The molecule has 4 saturated carbocycles. The first-order chi connectivity index (χ1) is 19.9. The Morgan fingerprint density at radius 3 is 2.42 bits per heavy atom. The molecule has 0 saturated heterocycles. The van der Waals surface area contributed by atoms with Crippen LogP contribution in [0.1, 0.15) is 83.4 Å². The van der Waals surface area contributed by atoms with Crippen molar-refractivity contribution in [1.29, 1.82) is 0 Å². The number of nitrogens with one attached hydrogen (secondary N) is 1. The summed E-state index contributed by atoms with van der Waals surface area (Å²) < 4.78 is 74.3. The first-order valence-electron chi connectivity index (χ1n) is 14.6. The number of amides is 1. The van der Waals surface area contributed by atoms with Gasteiger partial charge in [0.2, 0.25) is 11.8 Å². The number of alkyl halides is 3. The van der Waals surface area contributed by atoms with Crippen LogP contribution in [0.5, 0.6) is 5.75 Å². The minimum atomic E-state index is -4.67. The van der Waals surface area contributed by atoms with Crippen LogP contribution in [0.2, 0.25) is 23.2 Å². The third-order valence-corrected chi connectivity index (χ3v) is 14.6. The third kappa shape index (κ3) is 6.74. The molecule has 0 radical (unpaired) electrons. The van der Waals surface area contributed by atoms with Gasteiger partial charge in [-0.15, -0.1) is 23.4 Å². The quantitative estimate of drug-likeness (QED) is 0.227. The van der Waals surface area contributed by atoms with Gasteiger partial charge in [0.05, 0.1) is 28.2 Å². The molecule has 2 aromatic rings. The molecule has 4 fully saturated rings. The van der Waals surface area contributed by atoms with Gasteiger partial charge in [-0.25, -0.2) is 4.39 Å². The summed E-state index contributed by atoms with van der Waals surface area (Å²) >= 11 is 5.75. The Balaban J connectivity index is 1.31. The summed E-state index contributed by atoms with van der Waals surface area (Å²) in [5.41, 5.74) is -1.10. The van der Waals surface area contributed by atoms with E-state index in [4.69, 9.17) is 25.2 Å². The van der Waals surface area contributed by atoms with Gasteiger partial charge in [0.25, 0.3) is 5.91 Å². The number of carbonyl (C=O) groups is 1. The van der Waals surface area contributed by atoms with Gasteiger partial charge in [-0.2, -0.15) is 0 Å². The minimum Gasteiger partial charge on any atom is -0.484 e. The first-order valence-corrected chi connectivity index (χ1v) is 17.8. The normalized spacial score (nSPS) is 29.3. The SMILES string of the molecule is CC(C)(C)[Si](C)(C)OC1CC2(c3nnc(C4CC(OC(F)(F)F)C4)o3)CCC1(NC(=O)COc1ccc(Cl)c(F)c1)CC2. The molecule has 1 heterocycles. The number of benzene rings is 1. The van der Waals surface area contributed by atoms with Crippen molar-refractivity contribution in [3.8, 4) is 5.75 Å². The Hall–Kier alpha value is -2.22. The lowest BCUT2D eigenvalue weighted by Gasteiger charge is -2.58. The standard InChI is InChI=1S/C29H38ClF4N3O5Si/c1-26(2,3)43(4,5)42-22-15-27(25-37-36-24(40-25)17-12-19(13-17)41-29(32,33)34)8-10-28(22,11-9-27)35-23(38)16-39-18-6-7-20(30)21(31)14-18/h6-7,14,17,19,22H,8-13,15-16H2,1-5H3,(H,35,38). The molecule has 4 aliphatic rings. The molecule has 0 spiro atoms. The number of hydrogen-bond acceptors (Lipinski definition) is 7. The van der Waals surface area contributed by atoms with Crippen LogP contribution in [0.4, 0.5) is 17.6 Å². The zero-order valence-corrected chi connectivity index (χ0v) is 26.7. The van der Waals surface area contributed by atoms with Crippen LogP contribution in [0.15, 0.2) is 22.6 Å². The number of carbonyl (C=O) groups excluding carboxylic acids is 1. The van der Waals surface area contributed by atoms with Crippen LogP contribution < -0.4 is 10.1 Å². The predicted octanol–water partition coefficient (Wildman–Crippen LogP) is 7.18. The van der Waals surface area contributed by atoms with Crippen LogP contribution >= 0.6 is 11.6 Å². The topological polar surface area (TPSA) is 95.7 Å². The van der Waals surface area contributed by atoms with E-state index in [1.165, 1.54) is 12.1 Å². The van der Waals surface area contributed by atoms with E-state index in [1.54, 1.807) is 0 Å². The lowest BCUT2D eigenvalue weighted by molar-refractivity contribution is -0.352. The van der Waals surface area contributed by atoms with E-state index >= 15 is 0 Å². The van der Waals surface area contributed by atoms with Crippen molar-refractivity contribution in [3.05, 3.63) is 40.8 Å². The van der Waals surface area contributed by atoms with E-state index in [-0.39, 0.29) is 53.2 Å². The van der Waals surface area contributed by atoms with E-state index in [2.05, 4.69) is 54.1 Å². The van der Waals surface area contributed by atoms with Crippen LogP contribution in [0.25, 0.3) is 0 Å². The molecule has 14 heteroatoms. The Labute approximate surface area is 254 Å². The van der Waals surface area contributed by atoms with Crippen molar-refractivity contribution >= 4 is 25.8 Å². The third-order valence-electron chi connectivity index (χ3n) is 9.82. The fourth-order valence-corrected chi connectivity index (χ4v) is 7.63. The molecule has 2 bridgehead atoms. The van der Waals surface area contributed by atoms with Crippen molar-refractivity contribution in [2.24, 2.45) is 0 Å². The second kappa shape index (κ2) is 11.3. The van der Waals surface area contributed by atoms with E-state index in [9.17, 15) is 22.4 Å². The van der Waals surface area contributed by atoms with E-state index in [0.29, 0.717) is 43.9 Å². The molecule has 8 nitrogen and oxygen atoms in total. The number of ether oxygens (including phenoxy) is 2. The summed E-state index contributed by atoms with van der Waals surface area (Å²) in [5, 5.41) is 11.7. The summed E-state index contributed by atoms with van der Waals surface area (Å²) in [6.07, 6.45) is -2.47. The van der Waals surface area contributed by atoms with Gasteiger partial charge in [0, 0.05) is 12.0 Å². The maximum atomic E-state index is 13.8. The fraction of sp³-hybridized carbons (Fsp3) is 0.690. The van der Waals surface area contributed by atoms with Gasteiger partial charge >= 0.3 is 6.36 Å².